The van der Waals surface area contributed by atoms with E-state index in [2.05, 4.69) is 10.6 Å². The van der Waals surface area contributed by atoms with Crippen LogP contribution in [0.15, 0.2) is 48.5 Å². The standard InChI is InChI=1S/C23H24N2O4/c26-20(14-23(29)18-8-4-5-9-19(18)25-22(23)28)15-10-12-17(13-11-15)24-21(27)16-6-2-1-3-7-16/h4-5,8-13,16,29H,1-3,6-7,14H2,(H,24,27)(H,25,28)/t23-/m1/s1. The maximum Gasteiger partial charge on any atom is 0.261 e. The number of rotatable bonds is 5. The minimum absolute atomic E-state index is 0.0253. The fourth-order valence-electron chi connectivity index (χ4n) is 4.16. The molecule has 2 aromatic rings. The normalized spacial score (nSPS) is 21.3. The highest BCUT2D eigenvalue weighted by molar-refractivity contribution is 6.09. The molecule has 0 unspecified atom stereocenters. The first-order valence-corrected chi connectivity index (χ1v) is 10.0. The molecule has 150 valence electrons. The van der Waals surface area contributed by atoms with Crippen molar-refractivity contribution in [2.24, 2.45) is 5.92 Å². The molecular formula is C23H24N2O4. The van der Waals surface area contributed by atoms with E-state index in [1.54, 1.807) is 48.5 Å². The molecule has 1 saturated carbocycles. The zero-order valence-corrected chi connectivity index (χ0v) is 16.1. The number of Topliss-reactive ketones (excluding diaryl/α,β-unsaturated/α-hetero) is 1. The molecule has 4 rings (SSSR count). The van der Waals surface area contributed by atoms with Crippen LogP contribution in [0.1, 0.15) is 54.4 Å². The van der Waals surface area contributed by atoms with Crippen molar-refractivity contribution in [3.63, 3.8) is 0 Å². The van der Waals surface area contributed by atoms with E-state index in [1.807, 2.05) is 0 Å². The van der Waals surface area contributed by atoms with Crippen molar-refractivity contribution in [1.82, 2.24) is 0 Å². The summed E-state index contributed by atoms with van der Waals surface area (Å²) in [7, 11) is 0. The quantitative estimate of drug-likeness (QED) is 0.677. The largest absolute Gasteiger partial charge is 0.375 e. The lowest BCUT2D eigenvalue weighted by Gasteiger charge is -2.21. The molecule has 3 N–H and O–H groups in total. The molecule has 0 radical (unpaired) electrons. The van der Waals surface area contributed by atoms with Crippen LogP contribution in [0, 0.1) is 5.92 Å². The molecule has 29 heavy (non-hydrogen) atoms. The molecule has 0 saturated heterocycles. The van der Waals surface area contributed by atoms with Crippen LogP contribution in [0.4, 0.5) is 11.4 Å². The van der Waals surface area contributed by atoms with Crippen LogP contribution in [0.5, 0.6) is 0 Å². The van der Waals surface area contributed by atoms with Crippen molar-refractivity contribution >= 4 is 29.0 Å². The Bertz CT molecular complexity index is 948. The summed E-state index contributed by atoms with van der Waals surface area (Å²) in [5, 5.41) is 16.4. The van der Waals surface area contributed by atoms with Crippen LogP contribution < -0.4 is 10.6 Å². The van der Waals surface area contributed by atoms with E-state index in [9.17, 15) is 19.5 Å². The second-order valence-corrected chi connectivity index (χ2v) is 7.86. The van der Waals surface area contributed by atoms with Gasteiger partial charge in [-0.05, 0) is 43.2 Å². The summed E-state index contributed by atoms with van der Waals surface area (Å²) in [5.74, 6) is -0.856. The zero-order chi connectivity index (χ0) is 20.4. The maximum absolute atomic E-state index is 12.7. The molecule has 0 aromatic heterocycles. The Kier molecular flexibility index (Phi) is 5.20. The van der Waals surface area contributed by atoms with Gasteiger partial charge in [0.05, 0.1) is 6.42 Å². The zero-order valence-electron chi connectivity index (χ0n) is 16.1. The van der Waals surface area contributed by atoms with Crippen LogP contribution in [0.2, 0.25) is 0 Å². The second kappa shape index (κ2) is 7.79. The Hall–Kier alpha value is -2.99. The number of benzene rings is 2. The second-order valence-electron chi connectivity index (χ2n) is 7.86. The summed E-state index contributed by atoms with van der Waals surface area (Å²) in [6.45, 7) is 0. The van der Waals surface area contributed by atoms with Gasteiger partial charge in [0.15, 0.2) is 11.4 Å². The first-order valence-electron chi connectivity index (χ1n) is 10.0. The van der Waals surface area contributed by atoms with Gasteiger partial charge in [0.2, 0.25) is 5.91 Å². The molecule has 2 aliphatic rings. The summed E-state index contributed by atoms with van der Waals surface area (Å²) >= 11 is 0. The van der Waals surface area contributed by atoms with Crippen LogP contribution in [0.25, 0.3) is 0 Å². The molecule has 1 fully saturated rings. The highest BCUT2D eigenvalue weighted by Gasteiger charge is 2.46. The Labute approximate surface area is 169 Å². The third-order valence-electron chi connectivity index (χ3n) is 5.86. The van der Waals surface area contributed by atoms with E-state index in [4.69, 9.17) is 0 Å². The minimum atomic E-state index is -1.87. The molecule has 0 spiro atoms. The monoisotopic (exact) mass is 392 g/mol. The number of ketones is 1. The van der Waals surface area contributed by atoms with Gasteiger partial charge in [0.25, 0.3) is 5.91 Å². The van der Waals surface area contributed by atoms with E-state index >= 15 is 0 Å². The lowest BCUT2D eigenvalue weighted by atomic mass is 9.88. The predicted molar refractivity (Wildman–Crippen MR) is 110 cm³/mol. The van der Waals surface area contributed by atoms with Gasteiger partial charge in [-0.25, -0.2) is 0 Å². The highest BCUT2D eigenvalue weighted by Crippen LogP contribution is 2.38. The molecule has 0 bridgehead atoms. The fraction of sp³-hybridized carbons (Fsp3) is 0.348. The Balaban J connectivity index is 1.43. The number of nitrogens with one attached hydrogen (secondary N) is 2. The van der Waals surface area contributed by atoms with Gasteiger partial charge in [-0.2, -0.15) is 0 Å². The van der Waals surface area contributed by atoms with Crippen molar-refractivity contribution in [1.29, 1.82) is 0 Å². The number of fused-ring (bicyclic) bond motifs is 1. The van der Waals surface area contributed by atoms with E-state index in [0.29, 0.717) is 22.5 Å². The number of aliphatic hydroxyl groups is 1. The van der Waals surface area contributed by atoms with Gasteiger partial charge in [0.1, 0.15) is 0 Å². The van der Waals surface area contributed by atoms with Crippen LogP contribution in [-0.2, 0) is 15.2 Å². The number of para-hydroxylation sites is 1. The van der Waals surface area contributed by atoms with Crippen LogP contribution in [0.3, 0.4) is 0 Å². The fourth-order valence-corrected chi connectivity index (χ4v) is 4.16. The number of carbonyl (C=O) groups is 3. The number of anilines is 2. The molecule has 2 amide bonds. The Morgan fingerprint density at radius 1 is 1.03 bits per heavy atom. The van der Waals surface area contributed by atoms with E-state index in [-0.39, 0.29) is 24.0 Å². The van der Waals surface area contributed by atoms with Crippen molar-refractivity contribution in [2.75, 3.05) is 10.6 Å². The Morgan fingerprint density at radius 2 is 1.72 bits per heavy atom. The van der Waals surface area contributed by atoms with Crippen molar-refractivity contribution in [3.8, 4) is 0 Å². The third kappa shape index (κ3) is 3.80. The van der Waals surface area contributed by atoms with E-state index in [1.165, 1.54) is 6.42 Å². The average molecular weight is 392 g/mol. The van der Waals surface area contributed by atoms with Gasteiger partial charge < -0.3 is 15.7 Å². The minimum Gasteiger partial charge on any atom is -0.375 e. The summed E-state index contributed by atoms with van der Waals surface area (Å²) in [5.41, 5.74) is 0.0796. The highest BCUT2D eigenvalue weighted by atomic mass is 16.3. The molecule has 1 atom stereocenters. The van der Waals surface area contributed by atoms with Crippen molar-refractivity contribution in [2.45, 2.75) is 44.1 Å². The summed E-state index contributed by atoms with van der Waals surface area (Å²) in [6, 6.07) is 13.4. The van der Waals surface area contributed by atoms with Gasteiger partial charge in [-0.1, -0.05) is 37.5 Å². The molecular weight excluding hydrogens is 368 g/mol. The Morgan fingerprint density at radius 3 is 2.45 bits per heavy atom. The lowest BCUT2D eigenvalue weighted by molar-refractivity contribution is -0.133. The maximum atomic E-state index is 12.7. The van der Waals surface area contributed by atoms with Gasteiger partial charge in [0, 0.05) is 28.4 Å². The number of hydrogen-bond acceptors (Lipinski definition) is 4. The molecule has 6 heteroatoms. The number of carbonyl (C=O) groups excluding carboxylic acids is 3. The first kappa shape index (κ1) is 19.3. The van der Waals surface area contributed by atoms with Gasteiger partial charge in [-0.3, -0.25) is 14.4 Å². The molecule has 1 aliphatic carbocycles. The van der Waals surface area contributed by atoms with Gasteiger partial charge in [-0.15, -0.1) is 0 Å². The molecule has 6 nitrogen and oxygen atoms in total. The number of amides is 2. The summed E-state index contributed by atoms with van der Waals surface area (Å²) in [4.78, 5) is 37.4. The molecule has 1 heterocycles. The SMILES string of the molecule is O=C(C[C@]1(O)C(=O)Nc2ccccc21)c1ccc(NC(=O)C2CCCCC2)cc1. The predicted octanol–water partition coefficient (Wildman–Crippen LogP) is 3.62. The van der Waals surface area contributed by atoms with Crippen LogP contribution in [-0.4, -0.2) is 22.7 Å². The first-order chi connectivity index (χ1) is 14.0. The lowest BCUT2D eigenvalue weighted by Crippen LogP contribution is -2.36. The number of hydrogen-bond donors (Lipinski definition) is 3. The summed E-state index contributed by atoms with van der Waals surface area (Å²) < 4.78 is 0. The van der Waals surface area contributed by atoms with Crippen LogP contribution >= 0.6 is 0 Å². The summed E-state index contributed by atoms with van der Waals surface area (Å²) in [6.07, 6.45) is 4.87. The van der Waals surface area contributed by atoms with Crippen molar-refractivity contribution < 1.29 is 19.5 Å². The molecule has 1 aliphatic heterocycles. The third-order valence-corrected chi connectivity index (χ3v) is 5.86. The topological polar surface area (TPSA) is 95.5 Å². The van der Waals surface area contributed by atoms with Gasteiger partial charge >= 0.3 is 0 Å². The van der Waals surface area contributed by atoms with E-state index in [0.717, 1.165) is 25.7 Å². The van der Waals surface area contributed by atoms with E-state index < -0.39 is 11.5 Å². The molecule has 2 aromatic carbocycles. The average Bonchev–Trinajstić information content (AvgIpc) is 2.99. The van der Waals surface area contributed by atoms with Crippen molar-refractivity contribution in [3.05, 3.63) is 59.7 Å². The smallest absolute Gasteiger partial charge is 0.261 e.